The van der Waals surface area contributed by atoms with Crippen LogP contribution in [0.4, 0.5) is 0 Å². The number of imidazole rings is 1. The van der Waals surface area contributed by atoms with Crippen molar-refractivity contribution >= 4 is 21.8 Å². The highest BCUT2D eigenvalue weighted by molar-refractivity contribution is 9.10. The third kappa shape index (κ3) is 0.911. The number of carbonyl (C=O) groups is 1. The van der Waals surface area contributed by atoms with Gasteiger partial charge in [-0.25, -0.2) is 9.66 Å². The van der Waals surface area contributed by atoms with Crippen LogP contribution in [0.15, 0.2) is 4.60 Å². The van der Waals surface area contributed by atoms with Crippen LogP contribution >= 0.6 is 15.9 Å². The number of amides is 1. The summed E-state index contributed by atoms with van der Waals surface area (Å²) in [5, 5.41) is 2.65. The first kappa shape index (κ1) is 7.60. The minimum Gasteiger partial charge on any atom is -0.332 e. The lowest BCUT2D eigenvalue weighted by Gasteiger charge is -2.18. The van der Waals surface area contributed by atoms with Crippen molar-refractivity contribution in [1.29, 1.82) is 0 Å². The molecule has 2 heterocycles. The molecule has 0 saturated carbocycles. The van der Waals surface area contributed by atoms with Gasteiger partial charge in [0.2, 0.25) is 0 Å². The molecule has 0 aliphatic carbocycles. The zero-order chi connectivity index (χ0) is 8.72. The molecule has 64 valence electrons. The highest BCUT2D eigenvalue weighted by Gasteiger charge is 2.22. The Bertz CT molecular complexity index is 346. The molecule has 0 saturated heterocycles. The number of rotatable bonds is 0. The van der Waals surface area contributed by atoms with Crippen molar-refractivity contribution in [2.75, 3.05) is 12.1 Å². The van der Waals surface area contributed by atoms with Gasteiger partial charge in [-0.2, -0.15) is 0 Å². The fourth-order valence-corrected chi connectivity index (χ4v) is 1.78. The SMILES string of the molecule is Cc1nc(Br)c2n1NCNC2=O. The largest absolute Gasteiger partial charge is 0.332 e. The molecule has 1 aliphatic heterocycles. The fourth-order valence-electron chi connectivity index (χ4n) is 1.17. The van der Waals surface area contributed by atoms with Gasteiger partial charge >= 0.3 is 0 Å². The van der Waals surface area contributed by atoms with Crippen molar-refractivity contribution in [3.8, 4) is 0 Å². The molecule has 1 aromatic heterocycles. The Kier molecular flexibility index (Phi) is 1.57. The second-order valence-corrected chi connectivity index (χ2v) is 3.23. The van der Waals surface area contributed by atoms with Crippen molar-refractivity contribution in [2.45, 2.75) is 6.92 Å². The summed E-state index contributed by atoms with van der Waals surface area (Å²) >= 11 is 3.21. The van der Waals surface area contributed by atoms with Crippen molar-refractivity contribution < 1.29 is 4.79 Å². The number of nitrogens with one attached hydrogen (secondary N) is 2. The molecular formula is C6H7BrN4O. The molecule has 5 nitrogen and oxygen atoms in total. The first-order valence-corrected chi connectivity index (χ1v) is 4.26. The maximum atomic E-state index is 11.3. The third-order valence-corrected chi connectivity index (χ3v) is 2.26. The molecule has 0 fully saturated rings. The van der Waals surface area contributed by atoms with Crippen LogP contribution in [0.5, 0.6) is 0 Å². The molecule has 0 atom stereocenters. The smallest absolute Gasteiger partial charge is 0.274 e. The minimum atomic E-state index is -0.110. The van der Waals surface area contributed by atoms with E-state index in [1.165, 1.54) is 0 Å². The summed E-state index contributed by atoms with van der Waals surface area (Å²) in [5.41, 5.74) is 3.50. The average Bonchev–Trinajstić information content (AvgIpc) is 2.29. The van der Waals surface area contributed by atoms with E-state index in [1.807, 2.05) is 6.92 Å². The van der Waals surface area contributed by atoms with E-state index in [-0.39, 0.29) is 5.91 Å². The van der Waals surface area contributed by atoms with Gasteiger partial charge in [0, 0.05) is 0 Å². The van der Waals surface area contributed by atoms with Gasteiger partial charge in [0.05, 0.1) is 0 Å². The molecule has 1 aliphatic rings. The van der Waals surface area contributed by atoms with Crippen LogP contribution in [0.25, 0.3) is 0 Å². The minimum absolute atomic E-state index is 0.110. The zero-order valence-electron chi connectivity index (χ0n) is 6.39. The summed E-state index contributed by atoms with van der Waals surface area (Å²) in [4.78, 5) is 15.4. The van der Waals surface area contributed by atoms with Crippen LogP contribution < -0.4 is 10.7 Å². The molecule has 0 bridgehead atoms. The van der Waals surface area contributed by atoms with E-state index in [4.69, 9.17) is 0 Å². The summed E-state index contributed by atoms with van der Waals surface area (Å²) in [5.74, 6) is 0.660. The van der Waals surface area contributed by atoms with Crippen LogP contribution in [0.3, 0.4) is 0 Å². The van der Waals surface area contributed by atoms with Crippen LogP contribution in [0, 0.1) is 6.92 Å². The third-order valence-electron chi connectivity index (χ3n) is 1.70. The number of carbonyl (C=O) groups excluding carboxylic acids is 1. The highest BCUT2D eigenvalue weighted by Crippen LogP contribution is 2.17. The zero-order valence-corrected chi connectivity index (χ0v) is 7.97. The molecule has 12 heavy (non-hydrogen) atoms. The van der Waals surface area contributed by atoms with Gasteiger partial charge in [-0.3, -0.25) is 4.79 Å². The number of hydrogen-bond acceptors (Lipinski definition) is 3. The van der Waals surface area contributed by atoms with E-state index in [2.05, 4.69) is 31.7 Å². The molecule has 2 N–H and O–H groups in total. The molecule has 6 heteroatoms. The van der Waals surface area contributed by atoms with Crippen LogP contribution in [-0.4, -0.2) is 22.2 Å². The number of aryl methyl sites for hydroxylation is 1. The number of fused-ring (bicyclic) bond motifs is 1. The van der Waals surface area contributed by atoms with Gasteiger partial charge in [-0.05, 0) is 22.9 Å². The van der Waals surface area contributed by atoms with Gasteiger partial charge in [0.25, 0.3) is 5.91 Å². The molecule has 1 aromatic rings. The van der Waals surface area contributed by atoms with Gasteiger partial charge in [-0.1, -0.05) is 0 Å². The molecule has 2 rings (SSSR count). The Labute approximate surface area is 77.3 Å². The Morgan fingerprint density at radius 3 is 3.08 bits per heavy atom. The Hall–Kier alpha value is -1.04. The Balaban J connectivity index is 2.62. The molecule has 0 aromatic carbocycles. The van der Waals surface area contributed by atoms with E-state index in [1.54, 1.807) is 4.68 Å². The summed E-state index contributed by atoms with van der Waals surface area (Å²) in [7, 11) is 0. The van der Waals surface area contributed by atoms with Gasteiger partial charge in [0.1, 0.15) is 17.1 Å². The predicted molar refractivity (Wildman–Crippen MR) is 46.4 cm³/mol. The standard InChI is InChI=1S/C6H7BrN4O/c1-3-10-5(7)4-6(12)8-2-9-11(3)4/h9H,2H2,1H3,(H,8,12). The second-order valence-electron chi connectivity index (χ2n) is 2.47. The lowest BCUT2D eigenvalue weighted by atomic mass is 10.4. The lowest BCUT2D eigenvalue weighted by molar-refractivity contribution is 0.0935. The number of hydrogen-bond donors (Lipinski definition) is 2. The van der Waals surface area contributed by atoms with Crippen LogP contribution in [-0.2, 0) is 0 Å². The quantitative estimate of drug-likeness (QED) is 0.670. The van der Waals surface area contributed by atoms with Crippen LogP contribution in [0.1, 0.15) is 16.3 Å². The Morgan fingerprint density at radius 1 is 1.67 bits per heavy atom. The monoisotopic (exact) mass is 230 g/mol. The molecular weight excluding hydrogens is 224 g/mol. The normalized spacial score (nSPS) is 15.0. The number of nitrogens with zero attached hydrogens (tertiary/aromatic N) is 2. The summed E-state index contributed by atoms with van der Waals surface area (Å²) in [6.45, 7) is 2.27. The first-order chi connectivity index (χ1) is 5.70. The summed E-state index contributed by atoms with van der Waals surface area (Å²) in [6.07, 6.45) is 0. The summed E-state index contributed by atoms with van der Waals surface area (Å²) in [6, 6.07) is 0. The topological polar surface area (TPSA) is 59.0 Å². The van der Waals surface area contributed by atoms with Crippen molar-refractivity contribution in [3.05, 3.63) is 16.1 Å². The van der Waals surface area contributed by atoms with Crippen LogP contribution in [0.2, 0.25) is 0 Å². The van der Waals surface area contributed by atoms with E-state index in [9.17, 15) is 4.79 Å². The van der Waals surface area contributed by atoms with E-state index < -0.39 is 0 Å². The maximum absolute atomic E-state index is 11.3. The maximum Gasteiger partial charge on any atom is 0.274 e. The predicted octanol–water partition coefficient (Wildman–Crippen LogP) is 0.198. The number of halogens is 1. The second kappa shape index (κ2) is 2.48. The van der Waals surface area contributed by atoms with E-state index in [0.29, 0.717) is 17.0 Å². The van der Waals surface area contributed by atoms with Crippen molar-refractivity contribution in [2.24, 2.45) is 0 Å². The molecule has 0 radical (unpaired) electrons. The first-order valence-electron chi connectivity index (χ1n) is 3.47. The fraction of sp³-hybridized carbons (Fsp3) is 0.333. The van der Waals surface area contributed by atoms with E-state index in [0.717, 1.165) is 5.82 Å². The highest BCUT2D eigenvalue weighted by atomic mass is 79.9. The summed E-state index contributed by atoms with van der Waals surface area (Å²) < 4.78 is 2.24. The average molecular weight is 231 g/mol. The van der Waals surface area contributed by atoms with Gasteiger partial charge < -0.3 is 10.7 Å². The molecule has 1 amide bonds. The number of aromatic nitrogens is 2. The van der Waals surface area contributed by atoms with Gasteiger partial charge in [-0.15, -0.1) is 0 Å². The molecule has 0 spiro atoms. The van der Waals surface area contributed by atoms with Crippen molar-refractivity contribution in [3.63, 3.8) is 0 Å². The Morgan fingerprint density at radius 2 is 2.42 bits per heavy atom. The van der Waals surface area contributed by atoms with Crippen molar-refractivity contribution in [1.82, 2.24) is 15.0 Å². The van der Waals surface area contributed by atoms with E-state index >= 15 is 0 Å². The lowest BCUT2D eigenvalue weighted by Crippen LogP contribution is -2.41. The molecule has 0 unspecified atom stereocenters. The van der Waals surface area contributed by atoms with Gasteiger partial charge in [0.15, 0.2) is 5.69 Å².